The second-order valence-corrected chi connectivity index (χ2v) is 4.50. The lowest BCUT2D eigenvalue weighted by atomic mass is 9.84. The SMILES string of the molecule is C=C(C)C1CC(C(=O)OC)(C(=O)OC)CC1=C. The van der Waals surface area contributed by atoms with E-state index in [2.05, 4.69) is 13.2 Å². The van der Waals surface area contributed by atoms with Gasteiger partial charge in [-0.05, 0) is 19.8 Å². The number of rotatable bonds is 3. The maximum absolute atomic E-state index is 11.9. The summed E-state index contributed by atoms with van der Waals surface area (Å²) in [6.45, 7) is 9.63. The Labute approximate surface area is 101 Å². The van der Waals surface area contributed by atoms with Gasteiger partial charge in [-0.15, -0.1) is 0 Å². The molecule has 4 heteroatoms. The Bertz CT molecular complexity index is 365. The van der Waals surface area contributed by atoms with Gasteiger partial charge in [-0.1, -0.05) is 24.3 Å². The van der Waals surface area contributed by atoms with E-state index in [0.717, 1.165) is 11.1 Å². The molecule has 0 amide bonds. The van der Waals surface area contributed by atoms with E-state index in [1.807, 2.05) is 6.92 Å². The van der Waals surface area contributed by atoms with E-state index in [1.54, 1.807) is 0 Å². The molecule has 0 spiro atoms. The highest BCUT2D eigenvalue weighted by molar-refractivity contribution is 6.01. The summed E-state index contributed by atoms with van der Waals surface area (Å²) in [5.41, 5.74) is 0.475. The highest BCUT2D eigenvalue weighted by Crippen LogP contribution is 2.48. The fraction of sp³-hybridized carbons (Fsp3) is 0.538. The number of methoxy groups -OCH3 is 2. The van der Waals surface area contributed by atoms with Crippen molar-refractivity contribution in [2.45, 2.75) is 19.8 Å². The first-order valence-electron chi connectivity index (χ1n) is 5.39. The number of hydrogen-bond acceptors (Lipinski definition) is 4. The molecule has 1 fully saturated rings. The highest BCUT2D eigenvalue weighted by atomic mass is 16.5. The Balaban J connectivity index is 3.12. The number of hydrogen-bond donors (Lipinski definition) is 0. The zero-order chi connectivity index (χ0) is 13.2. The molecular weight excluding hydrogens is 220 g/mol. The molecule has 0 N–H and O–H groups in total. The van der Waals surface area contributed by atoms with E-state index < -0.39 is 17.4 Å². The molecule has 1 aliphatic rings. The number of carbonyl (C=O) groups excluding carboxylic acids is 2. The van der Waals surface area contributed by atoms with Crippen LogP contribution in [0.2, 0.25) is 0 Å². The summed E-state index contributed by atoms with van der Waals surface area (Å²) in [7, 11) is 2.54. The van der Waals surface area contributed by atoms with Crippen molar-refractivity contribution in [2.75, 3.05) is 14.2 Å². The van der Waals surface area contributed by atoms with Crippen molar-refractivity contribution < 1.29 is 19.1 Å². The lowest BCUT2D eigenvalue weighted by molar-refractivity contribution is -0.168. The number of ether oxygens (including phenoxy) is 2. The van der Waals surface area contributed by atoms with E-state index in [0.29, 0.717) is 6.42 Å². The van der Waals surface area contributed by atoms with Crippen LogP contribution in [0.5, 0.6) is 0 Å². The lowest BCUT2D eigenvalue weighted by Crippen LogP contribution is -2.39. The van der Waals surface area contributed by atoms with Crippen molar-refractivity contribution >= 4 is 11.9 Å². The Morgan fingerprint density at radius 2 is 1.76 bits per heavy atom. The van der Waals surface area contributed by atoms with Crippen LogP contribution in [-0.4, -0.2) is 26.2 Å². The molecule has 0 aromatic rings. The van der Waals surface area contributed by atoms with Gasteiger partial charge < -0.3 is 9.47 Å². The van der Waals surface area contributed by atoms with Crippen molar-refractivity contribution in [1.82, 2.24) is 0 Å². The third kappa shape index (κ3) is 2.12. The third-order valence-electron chi connectivity index (χ3n) is 3.32. The first-order chi connectivity index (χ1) is 7.89. The zero-order valence-electron chi connectivity index (χ0n) is 10.5. The van der Waals surface area contributed by atoms with Crippen LogP contribution >= 0.6 is 0 Å². The summed E-state index contributed by atoms with van der Waals surface area (Å²) in [6, 6.07) is 0. The summed E-state index contributed by atoms with van der Waals surface area (Å²) in [5, 5.41) is 0. The predicted molar refractivity (Wildman–Crippen MR) is 63.1 cm³/mol. The lowest BCUT2D eigenvalue weighted by Gasteiger charge is -2.22. The molecule has 94 valence electrons. The molecule has 0 saturated heterocycles. The van der Waals surface area contributed by atoms with Crippen LogP contribution in [0.1, 0.15) is 19.8 Å². The van der Waals surface area contributed by atoms with Crippen molar-refractivity contribution in [1.29, 1.82) is 0 Å². The Morgan fingerprint density at radius 1 is 1.29 bits per heavy atom. The average molecular weight is 238 g/mol. The van der Waals surface area contributed by atoms with Crippen LogP contribution in [-0.2, 0) is 19.1 Å². The van der Waals surface area contributed by atoms with E-state index in [4.69, 9.17) is 9.47 Å². The maximum Gasteiger partial charge on any atom is 0.323 e. The predicted octanol–water partition coefficient (Wildman–Crippen LogP) is 1.86. The molecule has 1 unspecified atom stereocenters. The van der Waals surface area contributed by atoms with Gasteiger partial charge in [0.25, 0.3) is 0 Å². The Morgan fingerprint density at radius 3 is 2.06 bits per heavy atom. The van der Waals surface area contributed by atoms with Gasteiger partial charge in [0, 0.05) is 5.92 Å². The van der Waals surface area contributed by atoms with Crippen molar-refractivity contribution in [3.8, 4) is 0 Å². The standard InChI is InChI=1S/C13H18O4/c1-8(2)10-7-13(6-9(10)3,11(14)16-4)12(15)17-5/h10H,1,3,6-7H2,2,4-5H3. The van der Waals surface area contributed by atoms with Gasteiger partial charge in [-0.25, -0.2) is 0 Å². The zero-order valence-corrected chi connectivity index (χ0v) is 10.5. The summed E-state index contributed by atoms with van der Waals surface area (Å²) in [5.74, 6) is -1.16. The second kappa shape index (κ2) is 4.73. The van der Waals surface area contributed by atoms with Gasteiger partial charge in [-0.3, -0.25) is 9.59 Å². The molecule has 4 nitrogen and oxygen atoms in total. The van der Waals surface area contributed by atoms with Crippen molar-refractivity contribution in [3.63, 3.8) is 0 Å². The van der Waals surface area contributed by atoms with Crippen LogP contribution in [0.4, 0.5) is 0 Å². The molecule has 0 aliphatic heterocycles. The van der Waals surface area contributed by atoms with Crippen molar-refractivity contribution in [2.24, 2.45) is 11.3 Å². The summed E-state index contributed by atoms with van der Waals surface area (Å²) in [6.07, 6.45) is 0.602. The Hall–Kier alpha value is -1.58. The molecule has 0 radical (unpaired) electrons. The molecule has 0 bridgehead atoms. The molecule has 0 aromatic heterocycles. The molecule has 1 atom stereocenters. The first kappa shape index (κ1) is 13.5. The normalized spacial score (nSPS) is 22.1. The maximum atomic E-state index is 11.9. The minimum Gasteiger partial charge on any atom is -0.468 e. The molecule has 1 saturated carbocycles. The highest BCUT2D eigenvalue weighted by Gasteiger charge is 2.55. The smallest absolute Gasteiger partial charge is 0.323 e. The van der Waals surface area contributed by atoms with Gasteiger partial charge >= 0.3 is 11.9 Å². The molecule has 0 aromatic carbocycles. The molecule has 1 aliphatic carbocycles. The molecule has 0 heterocycles. The van der Waals surface area contributed by atoms with Crippen LogP contribution in [0, 0.1) is 11.3 Å². The number of esters is 2. The topological polar surface area (TPSA) is 52.6 Å². The number of allylic oxidation sites excluding steroid dienone is 2. The fourth-order valence-corrected chi connectivity index (χ4v) is 2.38. The fourth-order valence-electron chi connectivity index (χ4n) is 2.38. The van der Waals surface area contributed by atoms with Gasteiger partial charge in [0.1, 0.15) is 0 Å². The van der Waals surface area contributed by atoms with Crippen LogP contribution in [0.3, 0.4) is 0 Å². The quantitative estimate of drug-likeness (QED) is 0.428. The van der Waals surface area contributed by atoms with Gasteiger partial charge in [0.2, 0.25) is 0 Å². The third-order valence-corrected chi connectivity index (χ3v) is 3.32. The molecule has 17 heavy (non-hydrogen) atoms. The van der Waals surface area contributed by atoms with Crippen LogP contribution in [0.25, 0.3) is 0 Å². The van der Waals surface area contributed by atoms with Gasteiger partial charge in [0.05, 0.1) is 14.2 Å². The minimum atomic E-state index is -1.25. The van der Waals surface area contributed by atoms with E-state index in [9.17, 15) is 9.59 Å². The van der Waals surface area contributed by atoms with Gasteiger partial charge in [-0.2, -0.15) is 0 Å². The Kier molecular flexibility index (Phi) is 3.76. The second-order valence-electron chi connectivity index (χ2n) is 4.50. The molecular formula is C13H18O4. The van der Waals surface area contributed by atoms with E-state index in [-0.39, 0.29) is 12.3 Å². The number of carbonyl (C=O) groups is 2. The summed E-state index contributed by atoms with van der Waals surface area (Å²) in [4.78, 5) is 23.7. The monoisotopic (exact) mass is 238 g/mol. The van der Waals surface area contributed by atoms with Crippen LogP contribution < -0.4 is 0 Å². The van der Waals surface area contributed by atoms with Crippen molar-refractivity contribution in [3.05, 3.63) is 24.3 Å². The van der Waals surface area contributed by atoms with Gasteiger partial charge in [0.15, 0.2) is 5.41 Å². The van der Waals surface area contributed by atoms with E-state index in [1.165, 1.54) is 14.2 Å². The summed E-state index contributed by atoms with van der Waals surface area (Å²) < 4.78 is 9.45. The van der Waals surface area contributed by atoms with E-state index >= 15 is 0 Å². The largest absolute Gasteiger partial charge is 0.468 e. The first-order valence-corrected chi connectivity index (χ1v) is 5.39. The molecule has 1 rings (SSSR count). The average Bonchev–Trinajstić information content (AvgIpc) is 2.66. The van der Waals surface area contributed by atoms with Crippen LogP contribution in [0.15, 0.2) is 24.3 Å². The summed E-state index contributed by atoms with van der Waals surface area (Å²) >= 11 is 0. The minimum absolute atomic E-state index is 0.0341.